The second kappa shape index (κ2) is 5.74. The van der Waals surface area contributed by atoms with Crippen LogP contribution in [0.15, 0.2) is 22.7 Å². The van der Waals surface area contributed by atoms with E-state index in [1.54, 1.807) is 18.2 Å². The zero-order chi connectivity index (χ0) is 12.3. The van der Waals surface area contributed by atoms with Crippen molar-refractivity contribution in [3.05, 3.63) is 27.7 Å². The van der Waals surface area contributed by atoms with E-state index in [-0.39, 0.29) is 6.03 Å². The second-order valence-electron chi connectivity index (χ2n) is 4.20. The summed E-state index contributed by atoms with van der Waals surface area (Å²) in [5, 5.41) is 6.41. The molecule has 0 atom stereocenters. The van der Waals surface area contributed by atoms with E-state index in [9.17, 15) is 4.79 Å². The molecule has 3 nitrogen and oxygen atoms in total. The molecule has 0 bridgehead atoms. The Morgan fingerprint density at radius 1 is 1.35 bits per heavy atom. The highest BCUT2D eigenvalue weighted by Crippen LogP contribution is 2.26. The molecule has 2 rings (SSSR count). The van der Waals surface area contributed by atoms with Gasteiger partial charge >= 0.3 is 6.03 Å². The minimum Gasteiger partial charge on any atom is -0.335 e. The first-order chi connectivity index (χ1) is 8.15. The molecule has 0 heterocycles. The van der Waals surface area contributed by atoms with Crippen molar-refractivity contribution in [3.63, 3.8) is 0 Å². The maximum absolute atomic E-state index is 11.7. The Morgan fingerprint density at radius 3 is 2.71 bits per heavy atom. The van der Waals surface area contributed by atoms with E-state index in [0.717, 1.165) is 23.0 Å². The van der Waals surface area contributed by atoms with Crippen LogP contribution in [0, 0.1) is 0 Å². The molecule has 0 aromatic heterocycles. The largest absolute Gasteiger partial charge is 0.335 e. The fourth-order valence-electron chi connectivity index (χ4n) is 2.00. The van der Waals surface area contributed by atoms with E-state index in [1.807, 2.05) is 0 Å². The van der Waals surface area contributed by atoms with E-state index in [2.05, 4.69) is 26.6 Å². The highest BCUT2D eigenvalue weighted by molar-refractivity contribution is 9.10. The van der Waals surface area contributed by atoms with Crippen LogP contribution in [0.5, 0.6) is 0 Å². The molecule has 2 amide bonds. The number of nitrogens with one attached hydrogen (secondary N) is 2. The molecule has 0 spiro atoms. The van der Waals surface area contributed by atoms with Crippen molar-refractivity contribution in [1.82, 2.24) is 5.32 Å². The van der Waals surface area contributed by atoms with E-state index in [4.69, 9.17) is 11.6 Å². The summed E-state index contributed by atoms with van der Waals surface area (Å²) in [6.45, 7) is 0. The van der Waals surface area contributed by atoms with Crippen molar-refractivity contribution < 1.29 is 4.79 Å². The van der Waals surface area contributed by atoms with Crippen molar-refractivity contribution in [2.24, 2.45) is 0 Å². The lowest BCUT2D eigenvalue weighted by Crippen LogP contribution is -2.36. The van der Waals surface area contributed by atoms with Gasteiger partial charge in [-0.15, -0.1) is 0 Å². The number of hydrogen-bond donors (Lipinski definition) is 2. The molecule has 0 saturated heterocycles. The Morgan fingerprint density at radius 2 is 2.06 bits per heavy atom. The highest BCUT2D eigenvalue weighted by atomic mass is 79.9. The number of carbonyl (C=O) groups is 1. The Bertz CT molecular complexity index is 419. The van der Waals surface area contributed by atoms with Gasteiger partial charge in [-0.2, -0.15) is 0 Å². The van der Waals surface area contributed by atoms with Gasteiger partial charge in [-0.25, -0.2) is 4.79 Å². The molecule has 92 valence electrons. The van der Waals surface area contributed by atoms with Gasteiger partial charge in [0.05, 0.1) is 5.69 Å². The molecule has 0 unspecified atom stereocenters. The van der Waals surface area contributed by atoms with Gasteiger partial charge in [0.15, 0.2) is 0 Å². The lowest BCUT2D eigenvalue weighted by atomic mass is 10.2. The van der Waals surface area contributed by atoms with Gasteiger partial charge in [-0.3, -0.25) is 0 Å². The summed E-state index contributed by atoms with van der Waals surface area (Å²) in [6, 6.07) is 5.45. The molecular weight excluding hydrogens is 304 g/mol. The quantitative estimate of drug-likeness (QED) is 0.844. The Kier molecular flexibility index (Phi) is 4.29. The summed E-state index contributed by atoms with van der Waals surface area (Å²) < 4.78 is 0.784. The van der Waals surface area contributed by atoms with Crippen LogP contribution >= 0.6 is 27.5 Å². The average Bonchev–Trinajstić information content (AvgIpc) is 2.75. The minimum atomic E-state index is -0.153. The van der Waals surface area contributed by atoms with E-state index in [1.165, 1.54) is 12.8 Å². The number of urea groups is 1. The molecule has 1 aromatic carbocycles. The zero-order valence-corrected chi connectivity index (χ0v) is 11.6. The molecule has 1 aliphatic carbocycles. The summed E-state index contributed by atoms with van der Waals surface area (Å²) in [5.41, 5.74) is 0.727. The van der Waals surface area contributed by atoms with Gasteiger partial charge in [-0.1, -0.05) is 24.4 Å². The Balaban J connectivity index is 1.93. The summed E-state index contributed by atoms with van der Waals surface area (Å²) in [7, 11) is 0. The van der Waals surface area contributed by atoms with E-state index >= 15 is 0 Å². The highest BCUT2D eigenvalue weighted by Gasteiger charge is 2.17. The first kappa shape index (κ1) is 12.7. The predicted octanol–water partition coefficient (Wildman–Crippen LogP) is 4.17. The Hall–Kier alpha value is -0.740. The van der Waals surface area contributed by atoms with Crippen molar-refractivity contribution in [2.75, 3.05) is 5.32 Å². The second-order valence-corrected chi connectivity index (χ2v) is 5.49. The van der Waals surface area contributed by atoms with Crippen LogP contribution < -0.4 is 10.6 Å². The topological polar surface area (TPSA) is 41.1 Å². The van der Waals surface area contributed by atoms with Gasteiger partial charge in [0, 0.05) is 15.5 Å². The lowest BCUT2D eigenvalue weighted by molar-refractivity contribution is 0.248. The predicted molar refractivity (Wildman–Crippen MR) is 73.6 cm³/mol. The van der Waals surface area contributed by atoms with Crippen LogP contribution in [0.2, 0.25) is 5.02 Å². The number of benzene rings is 1. The standard InChI is InChI=1S/C12H14BrClN2O/c13-10-7-8(14)5-6-11(10)16-12(17)15-9-3-1-2-4-9/h5-7,9H,1-4H2,(H2,15,16,17). The van der Waals surface area contributed by atoms with Gasteiger partial charge < -0.3 is 10.6 Å². The van der Waals surface area contributed by atoms with Crippen molar-refractivity contribution >= 4 is 39.2 Å². The molecule has 1 fully saturated rings. The first-order valence-corrected chi connectivity index (χ1v) is 6.85. The molecule has 2 N–H and O–H groups in total. The summed E-state index contributed by atoms with van der Waals surface area (Å²) in [4.78, 5) is 11.7. The molecular formula is C12H14BrClN2O. The zero-order valence-electron chi connectivity index (χ0n) is 9.30. The van der Waals surface area contributed by atoms with Gasteiger partial charge in [0.2, 0.25) is 0 Å². The fraction of sp³-hybridized carbons (Fsp3) is 0.417. The average molecular weight is 318 g/mol. The van der Waals surface area contributed by atoms with Crippen LogP contribution in [0.25, 0.3) is 0 Å². The maximum Gasteiger partial charge on any atom is 0.319 e. The number of rotatable bonds is 2. The first-order valence-electron chi connectivity index (χ1n) is 5.68. The molecule has 1 aromatic rings. The molecule has 0 aliphatic heterocycles. The molecule has 17 heavy (non-hydrogen) atoms. The third-order valence-corrected chi connectivity index (χ3v) is 3.76. The normalized spacial score (nSPS) is 15.9. The Labute approximate surface area is 114 Å². The summed E-state index contributed by atoms with van der Waals surface area (Å²) in [6.07, 6.45) is 4.57. The van der Waals surface area contributed by atoms with Crippen molar-refractivity contribution in [1.29, 1.82) is 0 Å². The number of carbonyl (C=O) groups excluding carboxylic acids is 1. The fourth-order valence-corrected chi connectivity index (χ4v) is 2.79. The van der Waals surface area contributed by atoms with Gasteiger partial charge in [-0.05, 0) is 47.0 Å². The van der Waals surface area contributed by atoms with Crippen LogP contribution in [0.1, 0.15) is 25.7 Å². The SMILES string of the molecule is O=C(Nc1ccc(Cl)cc1Br)NC1CCCC1. The number of amides is 2. The van der Waals surface area contributed by atoms with Gasteiger partial charge in [0.25, 0.3) is 0 Å². The summed E-state index contributed by atoms with van der Waals surface area (Å²) in [5.74, 6) is 0. The molecule has 5 heteroatoms. The number of anilines is 1. The van der Waals surface area contributed by atoms with Crippen LogP contribution in [0.3, 0.4) is 0 Å². The van der Waals surface area contributed by atoms with E-state index in [0.29, 0.717) is 11.1 Å². The molecule has 1 saturated carbocycles. The third-order valence-electron chi connectivity index (χ3n) is 2.87. The minimum absolute atomic E-state index is 0.153. The molecule has 0 radical (unpaired) electrons. The lowest BCUT2D eigenvalue weighted by Gasteiger charge is -2.13. The monoisotopic (exact) mass is 316 g/mol. The number of hydrogen-bond acceptors (Lipinski definition) is 1. The van der Waals surface area contributed by atoms with Gasteiger partial charge in [0.1, 0.15) is 0 Å². The maximum atomic E-state index is 11.7. The van der Waals surface area contributed by atoms with Crippen LogP contribution in [-0.4, -0.2) is 12.1 Å². The summed E-state index contributed by atoms with van der Waals surface area (Å²) >= 11 is 9.19. The van der Waals surface area contributed by atoms with Crippen molar-refractivity contribution in [3.8, 4) is 0 Å². The molecule has 1 aliphatic rings. The van der Waals surface area contributed by atoms with Crippen molar-refractivity contribution in [2.45, 2.75) is 31.7 Å². The smallest absolute Gasteiger partial charge is 0.319 e. The van der Waals surface area contributed by atoms with E-state index < -0.39 is 0 Å². The number of halogens is 2. The van der Waals surface area contributed by atoms with Crippen LogP contribution in [-0.2, 0) is 0 Å². The third kappa shape index (κ3) is 3.61. The van der Waals surface area contributed by atoms with Crippen LogP contribution in [0.4, 0.5) is 10.5 Å².